The summed E-state index contributed by atoms with van der Waals surface area (Å²) >= 11 is 0. The summed E-state index contributed by atoms with van der Waals surface area (Å²) in [4.78, 5) is 65.8. The van der Waals surface area contributed by atoms with Gasteiger partial charge in [0, 0.05) is 43.2 Å². The molecule has 7 rings (SSSR count). The first kappa shape index (κ1) is 47.6. The first-order chi connectivity index (χ1) is 32.1. The van der Waals surface area contributed by atoms with Crippen molar-refractivity contribution in [3.63, 3.8) is 0 Å². The Hall–Kier alpha value is -6.37. The van der Waals surface area contributed by atoms with E-state index in [9.17, 15) is 23.6 Å². The van der Waals surface area contributed by atoms with Crippen LogP contribution in [0, 0.1) is 5.82 Å². The second-order valence-electron chi connectivity index (χ2n) is 17.2. The topological polar surface area (TPSA) is 109 Å². The number of benzene rings is 5. The van der Waals surface area contributed by atoms with Crippen molar-refractivity contribution in [3.05, 3.63) is 162 Å². The Balaban J connectivity index is 0.991. The van der Waals surface area contributed by atoms with Gasteiger partial charge in [0.25, 0.3) is 0 Å². The van der Waals surface area contributed by atoms with Gasteiger partial charge in [0.05, 0.1) is 0 Å². The maximum atomic E-state index is 14.2. The summed E-state index contributed by atoms with van der Waals surface area (Å²) in [5, 5.41) is 6.15. The third-order valence-electron chi connectivity index (χ3n) is 13.1. The van der Waals surface area contributed by atoms with Crippen LogP contribution in [0.2, 0.25) is 0 Å². The molecule has 12 heteroatoms. The lowest BCUT2D eigenvalue weighted by Crippen LogP contribution is -2.48. The minimum Gasteiger partial charge on any atom is -0.363 e. The van der Waals surface area contributed by atoms with E-state index in [2.05, 4.69) is 53.0 Å². The summed E-state index contributed by atoms with van der Waals surface area (Å²) < 4.78 is 14.1. The van der Waals surface area contributed by atoms with E-state index >= 15 is 0 Å². The Morgan fingerprint density at radius 1 is 0.545 bits per heavy atom. The number of anilines is 3. The van der Waals surface area contributed by atoms with Gasteiger partial charge in [-0.1, -0.05) is 113 Å². The fourth-order valence-corrected chi connectivity index (χ4v) is 9.56. The van der Waals surface area contributed by atoms with Gasteiger partial charge in [-0.2, -0.15) is 0 Å². The normalized spacial score (nSPS) is 16.9. The van der Waals surface area contributed by atoms with Crippen molar-refractivity contribution in [2.45, 2.75) is 90.6 Å². The molecule has 0 radical (unpaired) electrons. The molecule has 346 valence electrons. The van der Waals surface area contributed by atoms with Crippen molar-refractivity contribution in [2.24, 2.45) is 0 Å². The predicted molar refractivity (Wildman–Crippen MR) is 260 cm³/mol. The number of hydrogen-bond acceptors (Lipinski definition) is 7. The van der Waals surface area contributed by atoms with Gasteiger partial charge in [0.2, 0.25) is 23.6 Å². The quantitative estimate of drug-likeness (QED) is 0.0852. The average molecular weight is 894 g/mol. The van der Waals surface area contributed by atoms with Crippen LogP contribution in [0.15, 0.2) is 133 Å². The number of hydrogen-bond donors (Lipinski definition) is 2. The van der Waals surface area contributed by atoms with Crippen molar-refractivity contribution in [1.29, 1.82) is 0 Å². The van der Waals surface area contributed by atoms with Crippen molar-refractivity contribution in [2.75, 3.05) is 54.8 Å². The Labute approximate surface area is 389 Å². The molecule has 2 fully saturated rings. The number of carbonyl (C=O) groups is 4. The van der Waals surface area contributed by atoms with Crippen LogP contribution in [0.25, 0.3) is 0 Å². The van der Waals surface area contributed by atoms with Gasteiger partial charge in [-0.25, -0.2) is 4.39 Å². The van der Waals surface area contributed by atoms with E-state index in [0.717, 1.165) is 40.8 Å². The highest BCUT2D eigenvalue weighted by molar-refractivity contribution is 5.99. The molecule has 11 nitrogen and oxygen atoms in total. The molecule has 2 saturated heterocycles. The van der Waals surface area contributed by atoms with Gasteiger partial charge in [-0.15, -0.1) is 0 Å². The molecule has 0 aliphatic carbocycles. The van der Waals surface area contributed by atoms with Gasteiger partial charge in [0.15, 0.2) is 0 Å². The third kappa shape index (κ3) is 11.3. The molecular weight excluding hydrogens is 830 g/mol. The molecule has 4 amide bonds. The summed E-state index contributed by atoms with van der Waals surface area (Å²) in [6.07, 6.45) is 2.71. The SMILES string of the molecule is CCN(CC)C(C(=O)N1CCCC1C(=O)Nc1ccc(CN(Cc2ccc(NC(=O)C3CCCN3C(=O)C(c3ccccc3)N(CC)CC)cc2)c2ccc(F)cc2)cc1)c1ccccc1. The molecular formula is C54H64FN7O4. The molecule has 0 spiro atoms. The number of amides is 4. The highest BCUT2D eigenvalue weighted by Gasteiger charge is 2.41. The molecule has 66 heavy (non-hydrogen) atoms. The van der Waals surface area contributed by atoms with E-state index in [1.165, 1.54) is 12.1 Å². The zero-order valence-electron chi connectivity index (χ0n) is 38.7. The van der Waals surface area contributed by atoms with Crippen molar-refractivity contribution in [1.82, 2.24) is 19.6 Å². The van der Waals surface area contributed by atoms with E-state index in [0.29, 0.717) is 76.6 Å². The molecule has 2 N–H and O–H groups in total. The van der Waals surface area contributed by atoms with Crippen LogP contribution in [-0.4, -0.2) is 94.6 Å². The second-order valence-corrected chi connectivity index (χ2v) is 17.2. The number of carbonyl (C=O) groups excluding carboxylic acids is 4. The number of likely N-dealkylation sites (tertiary alicyclic amines) is 2. The number of rotatable bonds is 19. The molecule has 2 aliphatic heterocycles. The van der Waals surface area contributed by atoms with Gasteiger partial charge >= 0.3 is 0 Å². The zero-order valence-corrected chi connectivity index (χ0v) is 38.7. The van der Waals surface area contributed by atoms with Gasteiger partial charge < -0.3 is 25.3 Å². The Morgan fingerprint density at radius 2 is 0.924 bits per heavy atom. The number of nitrogens with zero attached hydrogens (tertiary/aromatic N) is 5. The lowest BCUT2D eigenvalue weighted by Gasteiger charge is -2.34. The van der Waals surface area contributed by atoms with Gasteiger partial charge in [0.1, 0.15) is 30.0 Å². The summed E-state index contributed by atoms with van der Waals surface area (Å²) in [5.41, 5.74) is 5.93. The van der Waals surface area contributed by atoms with E-state index in [1.54, 1.807) is 21.9 Å². The van der Waals surface area contributed by atoms with E-state index in [1.807, 2.05) is 109 Å². The molecule has 5 aromatic carbocycles. The number of likely N-dealkylation sites (N-methyl/N-ethyl adjacent to an activating group) is 2. The van der Waals surface area contributed by atoms with Crippen LogP contribution in [0.1, 0.15) is 87.7 Å². The van der Waals surface area contributed by atoms with E-state index in [-0.39, 0.29) is 29.4 Å². The molecule has 0 saturated carbocycles. The van der Waals surface area contributed by atoms with Gasteiger partial charge in [-0.3, -0.25) is 29.0 Å². The van der Waals surface area contributed by atoms with Crippen LogP contribution >= 0.6 is 0 Å². The molecule has 5 aromatic rings. The maximum absolute atomic E-state index is 14.2. The molecule has 2 aliphatic rings. The summed E-state index contributed by atoms with van der Waals surface area (Å²) in [6, 6.07) is 39.3. The Bertz CT molecular complexity index is 2210. The fourth-order valence-electron chi connectivity index (χ4n) is 9.56. The molecule has 0 aromatic heterocycles. The Morgan fingerprint density at radius 3 is 1.29 bits per heavy atom. The molecule has 2 heterocycles. The largest absolute Gasteiger partial charge is 0.363 e. The average Bonchev–Trinajstić information content (AvgIpc) is 4.06. The third-order valence-corrected chi connectivity index (χ3v) is 13.1. The van der Waals surface area contributed by atoms with Crippen molar-refractivity contribution >= 4 is 40.7 Å². The molecule has 4 atom stereocenters. The summed E-state index contributed by atoms with van der Waals surface area (Å²) in [6.45, 7) is 13.1. The van der Waals surface area contributed by atoms with Crippen molar-refractivity contribution < 1.29 is 23.6 Å². The van der Waals surface area contributed by atoms with Gasteiger partial charge in [-0.05, 0) is 123 Å². The first-order valence-electron chi connectivity index (χ1n) is 23.6. The van der Waals surface area contributed by atoms with E-state index < -0.39 is 24.2 Å². The van der Waals surface area contributed by atoms with E-state index in [4.69, 9.17) is 0 Å². The standard InChI is InChI=1S/C54H64FN7O4/c1-5-58(6-2)49(41-17-11-9-12-18-41)53(65)61-35-15-21-47(61)51(63)56-44-29-23-39(24-30-44)37-60(46-33-27-43(55)28-34-46)38-40-25-31-45(32-26-40)57-52(64)48-22-16-36-62(48)54(66)50(59(7-3)8-4)42-19-13-10-14-20-42/h9-14,17-20,23-34,47-50H,5-8,15-16,21-22,35-38H2,1-4H3,(H,56,63)(H,57,64). The lowest BCUT2D eigenvalue weighted by molar-refractivity contribution is -0.141. The fraction of sp³-hybridized carbons (Fsp3) is 0.370. The van der Waals surface area contributed by atoms with Crippen LogP contribution in [0.5, 0.6) is 0 Å². The van der Waals surface area contributed by atoms with Crippen LogP contribution in [0.4, 0.5) is 21.5 Å². The molecule has 4 unspecified atom stereocenters. The molecule has 0 bridgehead atoms. The minimum absolute atomic E-state index is 0.0504. The zero-order chi connectivity index (χ0) is 46.6. The van der Waals surface area contributed by atoms with Crippen molar-refractivity contribution in [3.8, 4) is 0 Å². The highest BCUT2D eigenvalue weighted by Crippen LogP contribution is 2.31. The first-order valence-corrected chi connectivity index (χ1v) is 23.6. The van der Waals surface area contributed by atoms with Crippen LogP contribution in [0.3, 0.4) is 0 Å². The maximum Gasteiger partial charge on any atom is 0.247 e. The number of nitrogens with one attached hydrogen (secondary N) is 2. The van der Waals surface area contributed by atoms with Crippen LogP contribution in [-0.2, 0) is 32.3 Å². The summed E-state index contributed by atoms with van der Waals surface area (Å²) in [5.74, 6) is -0.824. The smallest absolute Gasteiger partial charge is 0.247 e. The lowest BCUT2D eigenvalue weighted by atomic mass is 10.0. The minimum atomic E-state index is -0.565. The highest BCUT2D eigenvalue weighted by atomic mass is 19.1. The summed E-state index contributed by atoms with van der Waals surface area (Å²) in [7, 11) is 0. The Kier molecular flexibility index (Phi) is 16.4. The van der Waals surface area contributed by atoms with Crippen LogP contribution < -0.4 is 15.5 Å². The monoisotopic (exact) mass is 894 g/mol. The second kappa shape index (κ2) is 22.7. The predicted octanol–water partition coefficient (Wildman–Crippen LogP) is 9.06. The number of halogens is 1.